The number of methoxy groups -OCH3 is 1. The molecule has 0 bridgehead atoms. The van der Waals surface area contributed by atoms with Crippen LogP contribution in [0.25, 0.3) is 11.1 Å². The zero-order valence-corrected chi connectivity index (χ0v) is 18.8. The third-order valence-electron chi connectivity index (χ3n) is 6.93. The monoisotopic (exact) mass is 442 g/mol. The van der Waals surface area contributed by atoms with Gasteiger partial charge in [-0.25, -0.2) is 8.78 Å². The molecule has 0 spiro atoms. The van der Waals surface area contributed by atoms with Gasteiger partial charge < -0.3 is 10.1 Å². The predicted molar refractivity (Wildman–Crippen MR) is 121 cm³/mol. The summed E-state index contributed by atoms with van der Waals surface area (Å²) in [4.78, 5) is 14.5. The van der Waals surface area contributed by atoms with E-state index in [1.807, 2.05) is 18.2 Å². The van der Waals surface area contributed by atoms with E-state index in [4.69, 9.17) is 4.74 Å². The number of alkyl halides is 1. The quantitative estimate of drug-likeness (QED) is 0.643. The van der Waals surface area contributed by atoms with Crippen LogP contribution in [-0.2, 0) is 16.0 Å². The van der Waals surface area contributed by atoms with E-state index in [1.54, 1.807) is 13.2 Å². The average molecular weight is 443 g/mol. The lowest BCUT2D eigenvalue weighted by molar-refractivity contribution is -0.127. The molecule has 1 N–H and O–H groups in total. The van der Waals surface area contributed by atoms with Crippen molar-refractivity contribution in [3.63, 3.8) is 0 Å². The molecule has 1 aliphatic heterocycles. The van der Waals surface area contributed by atoms with Crippen LogP contribution in [0.5, 0.6) is 0 Å². The van der Waals surface area contributed by atoms with E-state index in [2.05, 4.69) is 22.3 Å². The van der Waals surface area contributed by atoms with Gasteiger partial charge >= 0.3 is 0 Å². The van der Waals surface area contributed by atoms with Crippen molar-refractivity contribution < 1.29 is 18.3 Å². The number of benzene rings is 2. The van der Waals surface area contributed by atoms with E-state index >= 15 is 0 Å². The number of hydrogen-bond acceptors (Lipinski definition) is 3. The predicted octanol–water partition coefficient (Wildman–Crippen LogP) is 4.72. The first-order valence-electron chi connectivity index (χ1n) is 11.5. The molecular weight excluding hydrogens is 410 g/mol. The molecule has 4 nitrogen and oxygen atoms in total. The molecule has 1 amide bonds. The minimum atomic E-state index is -1.54. The molecule has 32 heavy (non-hydrogen) atoms. The summed E-state index contributed by atoms with van der Waals surface area (Å²) in [7, 11) is 1.75. The van der Waals surface area contributed by atoms with Crippen molar-refractivity contribution in [3.8, 4) is 11.1 Å². The van der Waals surface area contributed by atoms with Crippen LogP contribution in [0.2, 0.25) is 0 Å². The van der Waals surface area contributed by atoms with E-state index in [0.29, 0.717) is 12.3 Å². The standard InChI is InChI=1S/C26H32F2N2O2/c1-17(27)25(31)29-23-12-13-30(26(32-2)19-7-4-8-19)24(23)15-18-6-3-9-20(14-18)21-10-5-11-22(28)16-21/h3,5-6,9-11,14,16-17,19,23-24,26H,4,7-8,12-13,15H2,1-2H3,(H,29,31). The maximum atomic E-state index is 13.7. The minimum Gasteiger partial charge on any atom is -0.366 e. The Bertz CT molecular complexity index is 932. The fourth-order valence-corrected chi connectivity index (χ4v) is 5.03. The second-order valence-electron chi connectivity index (χ2n) is 9.06. The normalized spacial score (nSPS) is 23.5. The number of rotatable bonds is 8. The van der Waals surface area contributed by atoms with E-state index in [9.17, 15) is 13.6 Å². The van der Waals surface area contributed by atoms with Gasteiger partial charge in [0.25, 0.3) is 5.91 Å². The van der Waals surface area contributed by atoms with Crippen molar-refractivity contribution in [1.29, 1.82) is 0 Å². The lowest BCUT2D eigenvalue weighted by Crippen LogP contribution is -2.53. The van der Waals surface area contributed by atoms with Crippen LogP contribution in [0.1, 0.15) is 38.2 Å². The van der Waals surface area contributed by atoms with Gasteiger partial charge in [-0.3, -0.25) is 9.69 Å². The van der Waals surface area contributed by atoms with Gasteiger partial charge in [-0.15, -0.1) is 0 Å². The van der Waals surface area contributed by atoms with Crippen molar-refractivity contribution >= 4 is 5.91 Å². The number of nitrogens with one attached hydrogen (secondary N) is 1. The van der Waals surface area contributed by atoms with E-state index in [0.717, 1.165) is 42.5 Å². The molecule has 1 saturated heterocycles. The van der Waals surface area contributed by atoms with Crippen LogP contribution in [0, 0.1) is 11.7 Å². The topological polar surface area (TPSA) is 41.6 Å². The van der Waals surface area contributed by atoms with Crippen molar-refractivity contribution in [1.82, 2.24) is 10.2 Å². The van der Waals surface area contributed by atoms with Gasteiger partial charge in [-0.1, -0.05) is 42.8 Å². The molecule has 2 aliphatic rings. The number of nitrogens with zero attached hydrogens (tertiary/aromatic N) is 1. The zero-order chi connectivity index (χ0) is 22.7. The number of hydrogen-bond donors (Lipinski definition) is 1. The molecule has 172 valence electrons. The first kappa shape index (κ1) is 22.9. The first-order valence-corrected chi connectivity index (χ1v) is 11.5. The van der Waals surface area contributed by atoms with Gasteiger partial charge in [0.2, 0.25) is 0 Å². The van der Waals surface area contributed by atoms with Gasteiger partial charge in [0, 0.05) is 25.7 Å². The second kappa shape index (κ2) is 10.1. The molecule has 2 aromatic carbocycles. The summed E-state index contributed by atoms with van der Waals surface area (Å²) in [5.74, 6) is -0.329. The number of halogens is 2. The number of amides is 1. The van der Waals surface area contributed by atoms with Crippen molar-refractivity contribution in [2.45, 2.75) is 63.5 Å². The van der Waals surface area contributed by atoms with Gasteiger partial charge in [-0.05, 0) is 67.3 Å². The Balaban J connectivity index is 1.58. The maximum absolute atomic E-state index is 13.7. The highest BCUT2D eigenvalue weighted by Crippen LogP contribution is 2.36. The summed E-state index contributed by atoms with van der Waals surface area (Å²) < 4.78 is 33.2. The summed E-state index contributed by atoms with van der Waals surface area (Å²) in [5.41, 5.74) is 2.88. The molecule has 2 fully saturated rings. The van der Waals surface area contributed by atoms with Crippen molar-refractivity contribution in [3.05, 3.63) is 59.9 Å². The summed E-state index contributed by atoms with van der Waals surface area (Å²) in [6.45, 7) is 2.07. The summed E-state index contributed by atoms with van der Waals surface area (Å²) >= 11 is 0. The number of carbonyl (C=O) groups excluding carboxylic acids is 1. The molecule has 4 rings (SSSR count). The van der Waals surface area contributed by atoms with Gasteiger partial charge in [0.05, 0.1) is 0 Å². The molecule has 0 radical (unpaired) electrons. The van der Waals surface area contributed by atoms with Crippen molar-refractivity contribution in [2.24, 2.45) is 5.92 Å². The Morgan fingerprint density at radius 3 is 2.50 bits per heavy atom. The minimum absolute atomic E-state index is 0.00449. The smallest absolute Gasteiger partial charge is 0.254 e. The molecular formula is C26H32F2N2O2. The Labute approximate surface area is 189 Å². The molecule has 4 unspecified atom stereocenters. The number of likely N-dealkylation sites (tertiary alicyclic amines) is 1. The molecule has 0 aromatic heterocycles. The highest BCUT2D eigenvalue weighted by Gasteiger charge is 2.43. The third-order valence-corrected chi connectivity index (χ3v) is 6.93. The van der Waals surface area contributed by atoms with E-state index in [-0.39, 0.29) is 24.1 Å². The second-order valence-corrected chi connectivity index (χ2v) is 9.06. The Morgan fingerprint density at radius 1 is 1.16 bits per heavy atom. The summed E-state index contributed by atoms with van der Waals surface area (Å²) in [5, 5.41) is 2.93. The van der Waals surface area contributed by atoms with E-state index in [1.165, 1.54) is 25.5 Å². The van der Waals surface area contributed by atoms with Gasteiger partial charge in [0.15, 0.2) is 6.17 Å². The molecule has 1 saturated carbocycles. The Morgan fingerprint density at radius 2 is 1.88 bits per heavy atom. The molecule has 2 aromatic rings. The van der Waals surface area contributed by atoms with Gasteiger partial charge in [0.1, 0.15) is 12.0 Å². The maximum Gasteiger partial charge on any atom is 0.254 e. The lowest BCUT2D eigenvalue weighted by Gasteiger charge is -2.41. The van der Waals surface area contributed by atoms with Gasteiger partial charge in [-0.2, -0.15) is 0 Å². The van der Waals surface area contributed by atoms with Crippen LogP contribution in [0.3, 0.4) is 0 Å². The van der Waals surface area contributed by atoms with Crippen LogP contribution < -0.4 is 5.32 Å². The number of ether oxygens (including phenoxy) is 1. The van der Waals surface area contributed by atoms with Crippen LogP contribution in [0.4, 0.5) is 8.78 Å². The number of carbonyl (C=O) groups is 1. The van der Waals surface area contributed by atoms with Crippen LogP contribution >= 0.6 is 0 Å². The first-order chi connectivity index (χ1) is 15.5. The SMILES string of the molecule is COC(C1CCC1)N1CCC(NC(=O)C(C)F)C1Cc1cccc(-c2cccc(F)c2)c1. The van der Waals surface area contributed by atoms with Crippen molar-refractivity contribution in [2.75, 3.05) is 13.7 Å². The summed E-state index contributed by atoms with van der Waals surface area (Å²) in [6, 6.07) is 14.5. The fourth-order valence-electron chi connectivity index (χ4n) is 5.03. The zero-order valence-electron chi connectivity index (χ0n) is 18.8. The van der Waals surface area contributed by atoms with Crippen LogP contribution in [0.15, 0.2) is 48.5 Å². The van der Waals surface area contributed by atoms with Crippen LogP contribution in [-0.4, -0.2) is 48.9 Å². The third kappa shape index (κ3) is 5.02. The largest absolute Gasteiger partial charge is 0.366 e. The highest BCUT2D eigenvalue weighted by atomic mass is 19.1. The average Bonchev–Trinajstić information content (AvgIpc) is 3.12. The highest BCUT2D eigenvalue weighted by molar-refractivity contribution is 5.80. The summed E-state index contributed by atoms with van der Waals surface area (Å²) in [6.07, 6.45) is 3.44. The molecule has 1 aliphatic carbocycles. The fraction of sp³-hybridized carbons (Fsp3) is 0.500. The molecule has 1 heterocycles. The molecule has 6 heteroatoms. The lowest BCUT2D eigenvalue weighted by atomic mass is 9.83. The Kier molecular flexibility index (Phi) is 7.21. The van der Waals surface area contributed by atoms with E-state index < -0.39 is 12.1 Å². The Hall–Kier alpha value is -2.31. The molecule has 4 atom stereocenters.